The highest BCUT2D eigenvalue weighted by atomic mass is 16.5. The number of amides is 6. The number of carboxylic acids is 2. The number of carboxylic acid groups (broad SMARTS) is 2. The molecule has 0 aliphatic rings. The van der Waals surface area contributed by atoms with E-state index >= 15 is 0 Å². The van der Waals surface area contributed by atoms with Crippen LogP contribution in [0.4, 0.5) is 0 Å². The minimum Gasteiger partial charge on any atom is -0.508 e. The summed E-state index contributed by atoms with van der Waals surface area (Å²) in [6.07, 6.45) is 18.7. The van der Waals surface area contributed by atoms with Crippen molar-refractivity contribution >= 4 is 82.3 Å². The molecule has 1 rings (SSSR count). The number of phenols is 1. The summed E-state index contributed by atoms with van der Waals surface area (Å²) in [4.78, 5) is 165. The first kappa shape index (κ1) is 104. The van der Waals surface area contributed by atoms with Gasteiger partial charge in [-0.25, -0.2) is 0 Å². The number of hydrogen-bond acceptors (Lipinski definition) is 24. The van der Waals surface area contributed by atoms with E-state index in [0.29, 0.717) is 70.1 Å². The molecule has 0 radical (unpaired) electrons. The van der Waals surface area contributed by atoms with Crippen LogP contribution >= 0.6 is 0 Å². The van der Waals surface area contributed by atoms with Gasteiger partial charge in [0.2, 0.25) is 35.4 Å². The summed E-state index contributed by atoms with van der Waals surface area (Å²) >= 11 is 0. The second-order valence-electron chi connectivity index (χ2n) is 28.3. The van der Waals surface area contributed by atoms with Crippen LogP contribution < -0.4 is 49.1 Å². The maximum atomic E-state index is 13.8. The van der Waals surface area contributed by atoms with Gasteiger partial charge >= 0.3 is 11.9 Å². The van der Waals surface area contributed by atoms with Crippen LogP contribution in [0.25, 0.3) is 0 Å². The van der Waals surface area contributed by atoms with Gasteiger partial charge in [0.1, 0.15) is 49.8 Å². The molecule has 0 fully saturated rings. The first-order valence-electron chi connectivity index (χ1n) is 40.7. The summed E-state index contributed by atoms with van der Waals surface area (Å²) in [5.74, 6) is -8.28. The molecule has 0 aliphatic heterocycles. The van der Waals surface area contributed by atoms with Crippen molar-refractivity contribution in [2.45, 2.75) is 231 Å². The Balaban J connectivity index is 2.03. The minimum atomic E-state index is -1.15. The average Bonchev–Trinajstić information content (AvgIpc) is 0.846. The summed E-state index contributed by atoms with van der Waals surface area (Å²) in [6, 6.07) is 3.58. The number of hydrogen-bond donors (Lipinski definition) is 12. The Morgan fingerprint density at radius 2 is 0.895 bits per heavy atom. The quantitative estimate of drug-likeness (QED) is 0.0245. The van der Waals surface area contributed by atoms with Crippen molar-refractivity contribution in [2.24, 2.45) is 39.9 Å². The predicted octanol–water partition coefficient (Wildman–Crippen LogP) is 4.34. The summed E-state index contributed by atoms with van der Waals surface area (Å²) < 4.78 is 43.4. The molecule has 6 amide bonds. The lowest BCUT2D eigenvalue weighted by molar-refractivity contribution is -0.144. The van der Waals surface area contributed by atoms with Crippen molar-refractivity contribution in [1.82, 2.24) is 31.9 Å². The van der Waals surface area contributed by atoms with Crippen LogP contribution in [-0.4, -0.2) is 255 Å². The number of nitrogens with zero attached hydrogens (tertiary/aromatic N) is 1. The highest BCUT2D eigenvalue weighted by Crippen LogP contribution is 2.24. The zero-order valence-corrected chi connectivity index (χ0v) is 67.9. The van der Waals surface area contributed by atoms with Crippen molar-refractivity contribution in [3.05, 3.63) is 29.8 Å². The monoisotopic (exact) mass is 1620 g/mol. The molecule has 114 heavy (non-hydrogen) atoms. The van der Waals surface area contributed by atoms with Crippen molar-refractivity contribution in [3.8, 4) is 5.75 Å². The fraction of sp³-hybridized carbons (Fsp3) is 0.750. The number of likely N-dealkylation sites (N-methyl/N-ethyl adjacent to an activating group) is 1. The third-order valence-corrected chi connectivity index (χ3v) is 18.6. The topological polar surface area (TPSA) is 519 Å². The van der Waals surface area contributed by atoms with E-state index in [1.54, 1.807) is 26.1 Å². The molecule has 34 heteroatoms. The van der Waals surface area contributed by atoms with Gasteiger partial charge in [0.25, 0.3) is 0 Å². The smallest absolute Gasteiger partial charge is 0.306 e. The first-order valence-corrected chi connectivity index (χ1v) is 40.7. The highest BCUT2D eigenvalue weighted by molar-refractivity contribution is 5.94. The Morgan fingerprint density at radius 3 is 1.38 bits per heavy atom. The van der Waals surface area contributed by atoms with Gasteiger partial charge in [-0.05, 0) is 102 Å². The van der Waals surface area contributed by atoms with Crippen molar-refractivity contribution in [3.63, 3.8) is 0 Å². The normalized spacial score (nSPS) is 12.8. The molecule has 0 heterocycles. The molecule has 34 nitrogen and oxygen atoms in total. The van der Waals surface area contributed by atoms with Crippen LogP contribution in [0.1, 0.15) is 212 Å². The number of primary amides is 1. The molecule has 0 aromatic heterocycles. The first-order chi connectivity index (χ1) is 54.8. The fourth-order valence-corrected chi connectivity index (χ4v) is 12.0. The van der Waals surface area contributed by atoms with Crippen molar-refractivity contribution in [2.75, 3.05) is 139 Å². The van der Waals surface area contributed by atoms with E-state index in [-0.39, 0.29) is 241 Å². The van der Waals surface area contributed by atoms with Crippen LogP contribution in [0, 0.1) is 17.8 Å². The molecule has 1 aromatic carbocycles. The van der Waals surface area contributed by atoms with E-state index in [4.69, 9.17) is 60.2 Å². The molecule has 15 N–H and O–H groups in total. The molecular formula is C80H136N10O24. The van der Waals surface area contributed by atoms with Crippen LogP contribution in [0.15, 0.2) is 29.3 Å². The molecule has 0 bridgehead atoms. The number of nitrogens with two attached hydrogens (primary N) is 3. The number of aliphatic carboxylic acids is 2. The van der Waals surface area contributed by atoms with Gasteiger partial charge in [-0.1, -0.05) is 96.1 Å². The molecule has 650 valence electrons. The molecular weight excluding hydrogens is 1480 g/mol. The van der Waals surface area contributed by atoms with E-state index in [1.165, 1.54) is 51.2 Å². The van der Waals surface area contributed by atoms with Gasteiger partial charge < -0.3 is 102 Å². The standard InChI is InChI=1S/C80H136N10O24/c1-59(67(26-20-38-88-80(82)83)78(104)90-70(77(81)103)53-61-29-32-64(93)33-30-61)76(102)69(84-3)27-18-19-37-85-72(97)56-114-52-48-110-44-40-87-74(99)58-113-51-46-108-42-22-25-66(95)55-111-49-47-109-43-39-86-73(98)57-112-50-45-107-41-21-24-63(92)34-35-68(60(2)91)89-71(96)36-31-62(79(105)106)54-65(94)23-16-14-12-10-8-6-4-5-7-9-11-13-15-17-28-75(100)101/h29-30,32-33,59,62,67-70,84,93H,4-28,31,34-58H2,1-3H3,(H2,81,103)(H,85,97)(H,86,98)(H,87,99)(H,89,96)(H,90,104)(H,100,101)(H,105,106)(H4,82,83,88)/t59?,62-,67-,68+,69+,70+/m1/s1. The Hall–Kier alpha value is -7.96. The second kappa shape index (κ2) is 69.4. The number of ether oxygens (including phenoxy) is 8. The van der Waals surface area contributed by atoms with Gasteiger partial charge in [-0.15, -0.1) is 0 Å². The third kappa shape index (κ3) is 59.7. The Kier molecular flexibility index (Phi) is 63.3. The van der Waals surface area contributed by atoms with Crippen molar-refractivity contribution in [1.29, 1.82) is 0 Å². The number of carbonyl (C=O) groups is 13. The van der Waals surface area contributed by atoms with Crippen LogP contribution in [0.5, 0.6) is 5.75 Å². The molecule has 1 aromatic rings. The Morgan fingerprint density at radius 1 is 0.430 bits per heavy atom. The maximum absolute atomic E-state index is 13.8. The number of benzene rings is 1. The lowest BCUT2D eigenvalue weighted by Crippen LogP contribution is -2.50. The van der Waals surface area contributed by atoms with E-state index < -0.39 is 65.5 Å². The van der Waals surface area contributed by atoms with Crippen LogP contribution in [-0.2, 0) is 107 Å². The number of guanidine groups is 1. The summed E-state index contributed by atoms with van der Waals surface area (Å²) in [5, 5.41) is 44.6. The third-order valence-electron chi connectivity index (χ3n) is 18.6. The van der Waals surface area contributed by atoms with Crippen molar-refractivity contribution < 1.29 is 116 Å². The number of Topliss-reactive ketones (excluding diaryl/α,β-unsaturated/α-hetero) is 5. The summed E-state index contributed by atoms with van der Waals surface area (Å²) in [6.45, 7) is 5.80. The molecule has 1 unspecified atom stereocenters. The predicted molar refractivity (Wildman–Crippen MR) is 425 cm³/mol. The molecule has 0 saturated carbocycles. The molecule has 0 saturated heterocycles. The molecule has 0 aliphatic carbocycles. The van der Waals surface area contributed by atoms with Crippen LogP contribution in [0.3, 0.4) is 0 Å². The zero-order valence-electron chi connectivity index (χ0n) is 67.9. The van der Waals surface area contributed by atoms with E-state index in [2.05, 4.69) is 36.9 Å². The number of unbranched alkanes of at least 4 members (excludes halogenated alkanes) is 14. The minimum absolute atomic E-state index is 0.0439. The largest absolute Gasteiger partial charge is 0.508 e. The van der Waals surface area contributed by atoms with E-state index in [1.807, 2.05) is 0 Å². The second-order valence-corrected chi connectivity index (χ2v) is 28.3. The zero-order chi connectivity index (χ0) is 84.2. The number of carbonyl (C=O) groups excluding carboxylic acids is 11. The highest BCUT2D eigenvalue weighted by Gasteiger charge is 2.35. The number of phenolic OH excluding ortho intramolecular Hbond substituents is 1. The maximum Gasteiger partial charge on any atom is 0.306 e. The lowest BCUT2D eigenvalue weighted by atomic mass is 9.82. The lowest BCUT2D eigenvalue weighted by Gasteiger charge is -2.27. The van der Waals surface area contributed by atoms with Gasteiger partial charge in [-0.3, -0.25) is 67.3 Å². The number of nitrogens with one attached hydrogen (secondary N) is 6. The van der Waals surface area contributed by atoms with Gasteiger partial charge in [-0.2, -0.15) is 0 Å². The number of aromatic hydroxyl groups is 1. The summed E-state index contributed by atoms with van der Waals surface area (Å²) in [7, 11) is 1.65. The van der Waals surface area contributed by atoms with E-state index in [0.717, 1.165) is 51.4 Å². The van der Waals surface area contributed by atoms with Gasteiger partial charge in [0, 0.05) is 103 Å². The van der Waals surface area contributed by atoms with Gasteiger partial charge in [0.05, 0.1) is 84.1 Å². The number of rotatable bonds is 80. The SMILES string of the molecule is CN[C@@H](CCCCNC(=O)COCCOCCNC(=O)COCCOCCCC(=O)COCCOCCNC(=O)COCCOCCCC(=O)CC[C@H](NC(=O)CC[C@H](CC(=O)CCCCCCCCCCCCCCCCC(=O)O)C(=O)O)C(C)=O)C(=O)C(C)[C@@H](CCCN=C(N)N)C(=O)N[C@@H](Cc1ccc(O)cc1)C(N)=O. The average molecular weight is 1620 g/mol. The number of ketones is 5. The number of aliphatic imine (C=N–C) groups is 1. The van der Waals surface area contributed by atoms with E-state index in [9.17, 15) is 72.5 Å². The van der Waals surface area contributed by atoms with Crippen LogP contribution in [0.2, 0.25) is 0 Å². The fourth-order valence-electron chi connectivity index (χ4n) is 12.0. The van der Waals surface area contributed by atoms with Gasteiger partial charge in [0.15, 0.2) is 23.3 Å². The Bertz CT molecular complexity index is 2920. The Labute approximate surface area is 672 Å². The summed E-state index contributed by atoms with van der Waals surface area (Å²) in [5.41, 5.74) is 17.3. The molecule has 0 spiro atoms. The molecule has 6 atom stereocenters.